The van der Waals surface area contributed by atoms with E-state index >= 15 is 0 Å². The van der Waals surface area contributed by atoms with Gasteiger partial charge in [-0.15, -0.1) is 0 Å². The van der Waals surface area contributed by atoms with Crippen LogP contribution in [0.5, 0.6) is 11.5 Å². The van der Waals surface area contributed by atoms with Crippen LogP contribution in [0.25, 0.3) is 0 Å². The van der Waals surface area contributed by atoms with Gasteiger partial charge in [-0.3, -0.25) is 0 Å². The molecule has 0 bridgehead atoms. The minimum absolute atomic E-state index is 0.151. The van der Waals surface area contributed by atoms with Gasteiger partial charge in [0.05, 0.1) is 19.8 Å². The molecular weight excluding hydrogens is 332 g/mol. The lowest BCUT2D eigenvalue weighted by Gasteiger charge is -2.26. The first-order chi connectivity index (χ1) is 12.2. The van der Waals surface area contributed by atoms with Gasteiger partial charge >= 0.3 is 0 Å². The lowest BCUT2D eigenvalue weighted by atomic mass is 9.78. The number of hydrogen-bond donors (Lipinski definition) is 5. The molecule has 0 aliphatic rings. The van der Waals surface area contributed by atoms with Gasteiger partial charge in [-0.2, -0.15) is 0 Å². The summed E-state index contributed by atoms with van der Waals surface area (Å²) in [5, 5.41) is 44.6. The summed E-state index contributed by atoms with van der Waals surface area (Å²) in [7, 11) is 0. The van der Waals surface area contributed by atoms with Crippen molar-refractivity contribution in [3.63, 3.8) is 0 Å². The summed E-state index contributed by atoms with van der Waals surface area (Å²) in [6, 6.07) is 14.4. The number of hydrogen-bond acceptors (Lipinski definition) is 5. The van der Waals surface area contributed by atoms with Crippen molar-refractivity contribution in [2.45, 2.75) is 32.6 Å². The molecule has 0 unspecified atom stereocenters. The molecule has 2 rings (SSSR count). The fourth-order valence-corrected chi connectivity index (χ4v) is 2.41. The molecule has 0 saturated heterocycles. The van der Waals surface area contributed by atoms with Crippen molar-refractivity contribution in [2.75, 3.05) is 19.8 Å². The van der Waals surface area contributed by atoms with Gasteiger partial charge in [0.2, 0.25) is 0 Å². The second-order valence-electron chi connectivity index (χ2n) is 7.05. The summed E-state index contributed by atoms with van der Waals surface area (Å²) in [6.07, 6.45) is 0.594. The van der Waals surface area contributed by atoms with Crippen LogP contribution in [0.2, 0.25) is 0 Å². The predicted molar refractivity (Wildman–Crippen MR) is 102 cm³/mol. The average molecular weight is 362 g/mol. The highest BCUT2D eigenvalue weighted by molar-refractivity contribution is 5.41. The predicted octanol–water partition coefficient (Wildman–Crippen LogP) is 2.78. The number of phenolic OH excluding ortho intramolecular Hbond substituents is 2. The Bertz CT molecular complexity index is 578. The van der Waals surface area contributed by atoms with Crippen molar-refractivity contribution < 1.29 is 25.5 Å². The Morgan fingerprint density at radius 3 is 1.15 bits per heavy atom. The third-order valence-electron chi connectivity index (χ3n) is 4.93. The number of rotatable bonds is 6. The van der Waals surface area contributed by atoms with E-state index < -0.39 is 5.41 Å². The maximum absolute atomic E-state index is 9.30. The van der Waals surface area contributed by atoms with E-state index in [1.165, 1.54) is 0 Å². The maximum atomic E-state index is 9.30. The normalized spacial score (nSPS) is 11.6. The maximum Gasteiger partial charge on any atom is 0.115 e. The SMILES string of the molecule is CC(C)(c1ccc(O)cc1)c1ccc(O)cc1.CCC(CO)(CO)CO. The first-order valence-corrected chi connectivity index (χ1v) is 8.66. The highest BCUT2D eigenvalue weighted by atomic mass is 16.3. The van der Waals surface area contributed by atoms with Gasteiger partial charge in [-0.05, 0) is 41.8 Å². The van der Waals surface area contributed by atoms with E-state index in [4.69, 9.17) is 15.3 Å². The molecule has 0 aromatic heterocycles. The van der Waals surface area contributed by atoms with E-state index in [0.29, 0.717) is 6.42 Å². The zero-order valence-corrected chi connectivity index (χ0v) is 15.7. The number of aromatic hydroxyl groups is 2. The lowest BCUT2D eigenvalue weighted by molar-refractivity contribution is 0.00304. The summed E-state index contributed by atoms with van der Waals surface area (Å²) in [6.45, 7) is 5.59. The molecular formula is C21H30O5. The van der Waals surface area contributed by atoms with Crippen LogP contribution in [0, 0.1) is 5.41 Å². The summed E-state index contributed by atoms with van der Waals surface area (Å²) in [5.74, 6) is 0.547. The lowest BCUT2D eigenvalue weighted by Crippen LogP contribution is -2.32. The van der Waals surface area contributed by atoms with Crippen molar-refractivity contribution in [3.05, 3.63) is 59.7 Å². The van der Waals surface area contributed by atoms with Gasteiger partial charge in [-0.1, -0.05) is 45.0 Å². The van der Waals surface area contributed by atoms with Crippen molar-refractivity contribution in [1.29, 1.82) is 0 Å². The molecule has 5 nitrogen and oxygen atoms in total. The minimum Gasteiger partial charge on any atom is -0.508 e. The monoisotopic (exact) mass is 362 g/mol. The second-order valence-corrected chi connectivity index (χ2v) is 7.05. The molecule has 144 valence electrons. The molecule has 2 aromatic carbocycles. The van der Waals surface area contributed by atoms with Gasteiger partial charge in [-0.25, -0.2) is 0 Å². The fraction of sp³-hybridized carbons (Fsp3) is 0.429. The second kappa shape index (κ2) is 9.57. The molecule has 0 radical (unpaired) electrons. The van der Waals surface area contributed by atoms with Crippen LogP contribution in [0.1, 0.15) is 38.3 Å². The van der Waals surface area contributed by atoms with E-state index in [0.717, 1.165) is 11.1 Å². The number of aliphatic hydroxyl groups excluding tert-OH is 3. The standard InChI is InChI=1S/C15H16O2.C6H14O3/c1-15(2,11-3-7-13(16)8-4-11)12-5-9-14(17)10-6-12;1-2-6(3-7,4-8)5-9/h3-10,16-17H,1-2H3;7-9H,2-5H2,1H3. The zero-order chi connectivity index (χ0) is 19.8. The largest absolute Gasteiger partial charge is 0.508 e. The molecule has 0 heterocycles. The third kappa shape index (κ3) is 5.46. The van der Waals surface area contributed by atoms with Crippen LogP contribution in [-0.2, 0) is 5.41 Å². The molecule has 0 spiro atoms. The number of benzene rings is 2. The summed E-state index contributed by atoms with van der Waals surface area (Å²) in [4.78, 5) is 0. The molecule has 0 atom stereocenters. The Hall–Kier alpha value is -2.08. The van der Waals surface area contributed by atoms with Gasteiger partial charge in [0, 0.05) is 10.8 Å². The molecule has 0 fully saturated rings. The molecule has 5 N–H and O–H groups in total. The number of aliphatic hydroxyl groups is 3. The van der Waals surface area contributed by atoms with Crippen molar-refractivity contribution in [1.82, 2.24) is 0 Å². The molecule has 0 saturated carbocycles. The Morgan fingerprint density at radius 2 is 0.962 bits per heavy atom. The van der Waals surface area contributed by atoms with Crippen LogP contribution in [0.15, 0.2) is 48.5 Å². The van der Waals surface area contributed by atoms with Crippen LogP contribution in [0.4, 0.5) is 0 Å². The van der Waals surface area contributed by atoms with Gasteiger partial charge in [0.15, 0.2) is 0 Å². The molecule has 0 amide bonds. The van der Waals surface area contributed by atoms with Gasteiger partial charge in [0.25, 0.3) is 0 Å². The van der Waals surface area contributed by atoms with Gasteiger partial charge in [0.1, 0.15) is 11.5 Å². The summed E-state index contributed by atoms with van der Waals surface area (Å²) in [5.41, 5.74) is 1.43. The Kier molecular flexibility index (Phi) is 8.08. The van der Waals surface area contributed by atoms with Crippen molar-refractivity contribution >= 4 is 0 Å². The number of phenols is 2. The van der Waals surface area contributed by atoms with E-state index in [9.17, 15) is 10.2 Å². The molecule has 0 aliphatic carbocycles. The molecule has 5 heteroatoms. The highest BCUT2D eigenvalue weighted by Crippen LogP contribution is 2.32. The van der Waals surface area contributed by atoms with Gasteiger partial charge < -0.3 is 25.5 Å². The van der Waals surface area contributed by atoms with Crippen LogP contribution in [-0.4, -0.2) is 45.4 Å². The topological polar surface area (TPSA) is 101 Å². The smallest absolute Gasteiger partial charge is 0.115 e. The summed E-state index contributed by atoms with van der Waals surface area (Å²) < 4.78 is 0. The molecule has 2 aromatic rings. The Morgan fingerprint density at radius 1 is 0.654 bits per heavy atom. The Balaban J connectivity index is 0.000000321. The first kappa shape index (κ1) is 22.0. The highest BCUT2D eigenvalue weighted by Gasteiger charge is 2.25. The van der Waals surface area contributed by atoms with E-state index in [1.54, 1.807) is 24.3 Å². The van der Waals surface area contributed by atoms with E-state index in [-0.39, 0.29) is 36.7 Å². The van der Waals surface area contributed by atoms with Crippen LogP contribution in [0.3, 0.4) is 0 Å². The van der Waals surface area contributed by atoms with E-state index in [2.05, 4.69) is 13.8 Å². The fourth-order valence-electron chi connectivity index (χ4n) is 2.41. The minimum atomic E-state index is -0.667. The third-order valence-corrected chi connectivity index (χ3v) is 4.93. The van der Waals surface area contributed by atoms with Crippen LogP contribution >= 0.6 is 0 Å². The zero-order valence-electron chi connectivity index (χ0n) is 15.7. The molecule has 0 aliphatic heterocycles. The van der Waals surface area contributed by atoms with Crippen molar-refractivity contribution in [3.8, 4) is 11.5 Å². The Labute approximate surface area is 155 Å². The van der Waals surface area contributed by atoms with Crippen molar-refractivity contribution in [2.24, 2.45) is 5.41 Å². The van der Waals surface area contributed by atoms with E-state index in [1.807, 2.05) is 31.2 Å². The average Bonchev–Trinajstić information content (AvgIpc) is 2.65. The quantitative estimate of drug-likeness (QED) is 0.544. The summed E-state index contributed by atoms with van der Waals surface area (Å²) >= 11 is 0. The first-order valence-electron chi connectivity index (χ1n) is 8.66. The van der Waals surface area contributed by atoms with Crippen LogP contribution < -0.4 is 0 Å². The molecule has 26 heavy (non-hydrogen) atoms.